The van der Waals surface area contributed by atoms with E-state index in [4.69, 9.17) is 39.5 Å². The summed E-state index contributed by atoms with van der Waals surface area (Å²) in [5.74, 6) is 0.00895. The molecular formula is C11H8Cl3N3O3S. The van der Waals surface area contributed by atoms with Crippen LogP contribution in [0.1, 0.15) is 0 Å². The zero-order valence-electron chi connectivity index (χ0n) is 10.5. The Labute approximate surface area is 136 Å². The van der Waals surface area contributed by atoms with Gasteiger partial charge < -0.3 is 4.74 Å². The minimum atomic E-state index is -4.01. The Hall–Kier alpha value is -1.28. The van der Waals surface area contributed by atoms with Crippen LogP contribution in [0.2, 0.25) is 15.3 Å². The lowest BCUT2D eigenvalue weighted by atomic mass is 10.4. The van der Waals surface area contributed by atoms with E-state index in [0.29, 0.717) is 0 Å². The minimum Gasteiger partial charge on any atom is -0.491 e. The van der Waals surface area contributed by atoms with Gasteiger partial charge in [0.2, 0.25) is 5.28 Å². The van der Waals surface area contributed by atoms with E-state index in [1.165, 1.54) is 31.5 Å². The van der Waals surface area contributed by atoms with Gasteiger partial charge in [0.25, 0.3) is 10.0 Å². The number of hydrogen-bond acceptors (Lipinski definition) is 5. The third kappa shape index (κ3) is 3.49. The van der Waals surface area contributed by atoms with Crippen molar-refractivity contribution in [1.82, 2.24) is 9.97 Å². The summed E-state index contributed by atoms with van der Waals surface area (Å²) in [7, 11) is -2.67. The van der Waals surface area contributed by atoms with Crippen molar-refractivity contribution in [3.63, 3.8) is 0 Å². The summed E-state index contributed by atoms with van der Waals surface area (Å²) in [6.45, 7) is 0. The Balaban J connectivity index is 2.47. The highest BCUT2D eigenvalue weighted by molar-refractivity contribution is 7.92. The summed E-state index contributed by atoms with van der Waals surface area (Å²) < 4.78 is 31.9. The van der Waals surface area contributed by atoms with E-state index in [2.05, 4.69) is 14.7 Å². The molecule has 112 valence electrons. The summed E-state index contributed by atoms with van der Waals surface area (Å²) in [6, 6.07) is 4.25. The van der Waals surface area contributed by atoms with Crippen molar-refractivity contribution in [1.29, 1.82) is 0 Å². The van der Waals surface area contributed by atoms with Gasteiger partial charge >= 0.3 is 0 Å². The first-order valence-corrected chi connectivity index (χ1v) is 8.00. The second-order valence-corrected chi connectivity index (χ2v) is 6.49. The largest absolute Gasteiger partial charge is 0.491 e. The standard InChI is InChI=1S/C11H8Cl3N3O3S/c1-20-7-5-15-11(14)16-10(7)17-21(18,19)8-4-2-3-6(12)9(8)13/h2-5H,1H3,(H,15,16,17). The molecule has 0 aliphatic heterocycles. The van der Waals surface area contributed by atoms with E-state index in [1.807, 2.05) is 0 Å². The molecule has 2 aromatic rings. The fourth-order valence-corrected chi connectivity index (χ4v) is 3.35. The molecule has 0 aliphatic carbocycles. The van der Waals surface area contributed by atoms with Gasteiger partial charge in [0.15, 0.2) is 11.6 Å². The molecular weight excluding hydrogens is 361 g/mol. The fourth-order valence-electron chi connectivity index (χ4n) is 1.45. The van der Waals surface area contributed by atoms with Gasteiger partial charge in [0, 0.05) is 0 Å². The topological polar surface area (TPSA) is 81.2 Å². The SMILES string of the molecule is COc1cnc(Cl)nc1NS(=O)(=O)c1cccc(Cl)c1Cl. The van der Waals surface area contributed by atoms with E-state index in [-0.39, 0.29) is 31.8 Å². The van der Waals surface area contributed by atoms with E-state index in [0.717, 1.165) is 0 Å². The van der Waals surface area contributed by atoms with Gasteiger partial charge in [-0.2, -0.15) is 4.98 Å². The molecule has 0 saturated carbocycles. The molecule has 1 N–H and O–H groups in total. The first kappa shape index (κ1) is 16.1. The van der Waals surface area contributed by atoms with Gasteiger partial charge in [0.05, 0.1) is 23.4 Å². The van der Waals surface area contributed by atoms with Gasteiger partial charge in [-0.05, 0) is 23.7 Å². The number of benzene rings is 1. The predicted molar refractivity (Wildman–Crippen MR) is 80.9 cm³/mol. The summed E-state index contributed by atoms with van der Waals surface area (Å²) in [6.07, 6.45) is 1.24. The Kier molecular flexibility index (Phi) is 4.77. The monoisotopic (exact) mass is 367 g/mol. The van der Waals surface area contributed by atoms with Crippen molar-refractivity contribution in [2.24, 2.45) is 0 Å². The Morgan fingerprint density at radius 1 is 1.24 bits per heavy atom. The maximum absolute atomic E-state index is 12.3. The molecule has 10 heteroatoms. The summed E-state index contributed by atoms with van der Waals surface area (Å²) >= 11 is 17.4. The van der Waals surface area contributed by atoms with Crippen molar-refractivity contribution in [2.75, 3.05) is 11.8 Å². The number of sulfonamides is 1. The maximum atomic E-state index is 12.3. The first-order chi connectivity index (χ1) is 9.85. The third-order valence-corrected chi connectivity index (χ3v) is 4.88. The average molecular weight is 369 g/mol. The first-order valence-electron chi connectivity index (χ1n) is 5.38. The maximum Gasteiger partial charge on any atom is 0.264 e. The Morgan fingerprint density at radius 2 is 1.95 bits per heavy atom. The molecule has 0 amide bonds. The van der Waals surface area contributed by atoms with E-state index >= 15 is 0 Å². The molecule has 2 rings (SSSR count). The summed E-state index contributed by atoms with van der Waals surface area (Å²) in [4.78, 5) is 7.28. The van der Waals surface area contributed by atoms with Gasteiger partial charge in [-0.15, -0.1) is 0 Å². The second kappa shape index (κ2) is 6.23. The summed E-state index contributed by atoms with van der Waals surface area (Å²) in [5, 5.41) is -0.108. The number of nitrogens with zero attached hydrogens (tertiary/aromatic N) is 2. The minimum absolute atomic E-state index is 0.0919. The zero-order valence-corrected chi connectivity index (χ0v) is 13.6. The van der Waals surface area contributed by atoms with Crippen LogP contribution in [-0.2, 0) is 10.0 Å². The fraction of sp³-hybridized carbons (Fsp3) is 0.0909. The molecule has 1 aromatic heterocycles. The van der Waals surface area contributed by atoms with Gasteiger partial charge in [-0.25, -0.2) is 13.4 Å². The van der Waals surface area contributed by atoms with Crippen molar-refractivity contribution >= 4 is 50.6 Å². The second-order valence-electron chi connectivity index (χ2n) is 3.71. The molecule has 0 atom stereocenters. The predicted octanol–water partition coefficient (Wildman–Crippen LogP) is 3.25. The number of hydrogen-bond donors (Lipinski definition) is 1. The van der Waals surface area contributed by atoms with Crippen LogP contribution in [-0.4, -0.2) is 25.5 Å². The molecule has 0 fully saturated rings. The van der Waals surface area contributed by atoms with Crippen LogP contribution in [0.3, 0.4) is 0 Å². The van der Waals surface area contributed by atoms with Crippen LogP contribution in [0.15, 0.2) is 29.3 Å². The Morgan fingerprint density at radius 3 is 2.62 bits per heavy atom. The molecule has 1 aromatic carbocycles. The smallest absolute Gasteiger partial charge is 0.264 e. The number of ether oxygens (including phenoxy) is 1. The van der Waals surface area contributed by atoms with Crippen LogP contribution in [0.4, 0.5) is 5.82 Å². The molecule has 21 heavy (non-hydrogen) atoms. The number of aromatic nitrogens is 2. The number of methoxy groups -OCH3 is 1. The quantitative estimate of drug-likeness (QED) is 0.838. The molecule has 6 nitrogen and oxygen atoms in total. The highest BCUT2D eigenvalue weighted by Gasteiger charge is 2.22. The third-order valence-electron chi connectivity index (χ3n) is 2.38. The lowest BCUT2D eigenvalue weighted by Crippen LogP contribution is -2.15. The van der Waals surface area contributed by atoms with E-state index in [1.54, 1.807) is 0 Å². The van der Waals surface area contributed by atoms with E-state index < -0.39 is 10.0 Å². The van der Waals surface area contributed by atoms with Gasteiger partial charge in [-0.3, -0.25) is 4.72 Å². The Bertz CT molecular complexity index is 784. The van der Waals surface area contributed by atoms with Gasteiger partial charge in [-0.1, -0.05) is 29.3 Å². The highest BCUT2D eigenvalue weighted by Crippen LogP contribution is 2.31. The molecule has 0 bridgehead atoms. The molecule has 1 heterocycles. The van der Waals surface area contributed by atoms with Crippen LogP contribution in [0, 0.1) is 0 Å². The van der Waals surface area contributed by atoms with Crippen molar-refractivity contribution < 1.29 is 13.2 Å². The van der Waals surface area contributed by atoms with Crippen LogP contribution in [0.5, 0.6) is 5.75 Å². The molecule has 0 radical (unpaired) electrons. The van der Waals surface area contributed by atoms with E-state index in [9.17, 15) is 8.42 Å². The lowest BCUT2D eigenvalue weighted by molar-refractivity contribution is 0.413. The summed E-state index contributed by atoms with van der Waals surface area (Å²) in [5.41, 5.74) is 0. The van der Waals surface area contributed by atoms with Crippen LogP contribution >= 0.6 is 34.8 Å². The van der Waals surface area contributed by atoms with Crippen LogP contribution < -0.4 is 9.46 Å². The lowest BCUT2D eigenvalue weighted by Gasteiger charge is -2.11. The number of nitrogens with one attached hydrogen (secondary N) is 1. The number of rotatable bonds is 4. The normalized spacial score (nSPS) is 11.2. The zero-order chi connectivity index (χ0) is 15.6. The molecule has 0 aliphatic rings. The van der Waals surface area contributed by atoms with Gasteiger partial charge in [0.1, 0.15) is 4.90 Å². The average Bonchev–Trinajstić information content (AvgIpc) is 2.41. The highest BCUT2D eigenvalue weighted by atomic mass is 35.5. The van der Waals surface area contributed by atoms with Crippen LogP contribution in [0.25, 0.3) is 0 Å². The number of anilines is 1. The molecule has 0 spiro atoms. The van der Waals surface area contributed by atoms with Crippen molar-refractivity contribution in [2.45, 2.75) is 4.90 Å². The van der Waals surface area contributed by atoms with Crippen molar-refractivity contribution in [3.05, 3.63) is 39.7 Å². The molecule has 0 saturated heterocycles. The molecule has 0 unspecified atom stereocenters. The number of halogens is 3. The van der Waals surface area contributed by atoms with Crippen molar-refractivity contribution in [3.8, 4) is 5.75 Å².